The number of aliphatic hydroxyl groups excluding tert-OH is 1. The van der Waals surface area contributed by atoms with Crippen LogP contribution in [0.1, 0.15) is 5.56 Å². The van der Waals surface area contributed by atoms with E-state index in [9.17, 15) is 5.11 Å². The van der Waals surface area contributed by atoms with Crippen LogP contribution in [-0.2, 0) is 18.4 Å². The van der Waals surface area contributed by atoms with Gasteiger partial charge in [-0.1, -0.05) is 17.8 Å². The Kier molecular flexibility index (Phi) is 4.87. The Balaban J connectivity index is 1.40. The summed E-state index contributed by atoms with van der Waals surface area (Å²) in [7, 11) is 1.93. The molecule has 0 aliphatic carbocycles. The first kappa shape index (κ1) is 15.2. The highest BCUT2D eigenvalue weighted by atomic mass is 32.2. The third kappa shape index (κ3) is 3.73. The fraction of sp³-hybridized carbons (Fsp3) is 0.400. The standard InChI is InChI=1S/C15H18N2O4S/c1-17-5-4-16-15(17)22-9-12(18)8-19-7-11-2-3-13-14(6-11)21-10-20-13/h2-6,12,18H,7-10H2,1H3/t12-/m0/s1. The maximum absolute atomic E-state index is 9.94. The van der Waals surface area contributed by atoms with Crippen LogP contribution in [0, 0.1) is 0 Å². The summed E-state index contributed by atoms with van der Waals surface area (Å²) >= 11 is 1.51. The molecule has 1 aromatic heterocycles. The highest BCUT2D eigenvalue weighted by Gasteiger charge is 2.13. The van der Waals surface area contributed by atoms with Gasteiger partial charge in [0.05, 0.1) is 19.3 Å². The summed E-state index contributed by atoms with van der Waals surface area (Å²) < 4.78 is 18.1. The van der Waals surface area contributed by atoms with E-state index in [1.165, 1.54) is 11.8 Å². The third-order valence-electron chi connectivity index (χ3n) is 3.20. The number of nitrogens with zero attached hydrogens (tertiary/aromatic N) is 2. The molecule has 1 N–H and O–H groups in total. The summed E-state index contributed by atoms with van der Waals surface area (Å²) in [5.41, 5.74) is 0.994. The lowest BCUT2D eigenvalue weighted by atomic mass is 10.2. The largest absolute Gasteiger partial charge is 0.454 e. The SMILES string of the molecule is Cn1ccnc1SC[C@@H](O)COCc1ccc2c(c1)OCO2. The molecule has 3 rings (SSSR count). The van der Waals surface area contributed by atoms with Crippen LogP contribution in [0.4, 0.5) is 0 Å². The van der Waals surface area contributed by atoms with Gasteiger partial charge in [0.2, 0.25) is 6.79 Å². The van der Waals surface area contributed by atoms with Gasteiger partial charge in [-0.2, -0.15) is 0 Å². The van der Waals surface area contributed by atoms with Crippen molar-refractivity contribution in [2.75, 3.05) is 19.2 Å². The van der Waals surface area contributed by atoms with Crippen molar-refractivity contribution in [2.24, 2.45) is 7.05 Å². The number of benzene rings is 1. The third-order valence-corrected chi connectivity index (χ3v) is 4.40. The molecule has 6 nitrogen and oxygen atoms in total. The van der Waals surface area contributed by atoms with Crippen LogP contribution in [0.2, 0.25) is 0 Å². The van der Waals surface area contributed by atoms with Gasteiger partial charge in [0.25, 0.3) is 0 Å². The second-order valence-corrected chi connectivity index (χ2v) is 5.98. The fourth-order valence-corrected chi connectivity index (χ4v) is 2.89. The molecule has 118 valence electrons. The van der Waals surface area contributed by atoms with Crippen LogP contribution in [0.5, 0.6) is 11.5 Å². The maximum Gasteiger partial charge on any atom is 0.231 e. The minimum atomic E-state index is -0.532. The highest BCUT2D eigenvalue weighted by molar-refractivity contribution is 7.99. The summed E-state index contributed by atoms with van der Waals surface area (Å²) in [6, 6.07) is 5.70. The Morgan fingerprint density at radius 3 is 3.09 bits per heavy atom. The molecular formula is C15H18N2O4S. The van der Waals surface area contributed by atoms with Crippen LogP contribution in [-0.4, -0.2) is 39.9 Å². The summed E-state index contributed by atoms with van der Waals surface area (Å²) in [6.45, 7) is 0.982. The molecule has 0 unspecified atom stereocenters. The van der Waals surface area contributed by atoms with Gasteiger partial charge in [-0.05, 0) is 17.7 Å². The number of aromatic nitrogens is 2. The zero-order chi connectivity index (χ0) is 15.4. The van der Waals surface area contributed by atoms with E-state index in [4.69, 9.17) is 14.2 Å². The van der Waals surface area contributed by atoms with Crippen molar-refractivity contribution < 1.29 is 19.3 Å². The normalized spacial score (nSPS) is 14.3. The van der Waals surface area contributed by atoms with Crippen molar-refractivity contribution in [1.29, 1.82) is 0 Å². The monoisotopic (exact) mass is 322 g/mol. The molecule has 1 atom stereocenters. The number of hydrogen-bond donors (Lipinski definition) is 1. The van der Waals surface area contributed by atoms with Gasteiger partial charge in [0.15, 0.2) is 16.7 Å². The van der Waals surface area contributed by atoms with Crippen LogP contribution < -0.4 is 9.47 Å². The predicted octanol–water partition coefficient (Wildman–Crippen LogP) is 1.82. The Morgan fingerprint density at radius 1 is 1.41 bits per heavy atom. The number of ether oxygens (including phenoxy) is 3. The predicted molar refractivity (Wildman–Crippen MR) is 82.2 cm³/mol. The molecule has 0 saturated carbocycles. The zero-order valence-corrected chi connectivity index (χ0v) is 13.1. The zero-order valence-electron chi connectivity index (χ0n) is 12.3. The lowest BCUT2D eigenvalue weighted by molar-refractivity contribution is 0.0397. The van der Waals surface area contributed by atoms with Gasteiger partial charge in [-0.15, -0.1) is 0 Å². The van der Waals surface area contributed by atoms with E-state index in [0.29, 0.717) is 12.4 Å². The minimum absolute atomic E-state index is 0.267. The molecule has 0 saturated heterocycles. The molecule has 0 spiro atoms. The number of thioether (sulfide) groups is 1. The molecular weight excluding hydrogens is 304 g/mol. The van der Waals surface area contributed by atoms with E-state index >= 15 is 0 Å². The van der Waals surface area contributed by atoms with Gasteiger partial charge >= 0.3 is 0 Å². The molecule has 1 aliphatic rings. The van der Waals surface area contributed by atoms with Crippen molar-refractivity contribution in [3.63, 3.8) is 0 Å². The molecule has 1 aromatic carbocycles. The van der Waals surface area contributed by atoms with Crippen molar-refractivity contribution in [1.82, 2.24) is 9.55 Å². The average molecular weight is 322 g/mol. The quantitative estimate of drug-likeness (QED) is 0.785. The summed E-state index contributed by atoms with van der Waals surface area (Å²) in [4.78, 5) is 4.20. The molecule has 0 fully saturated rings. The number of imidazole rings is 1. The number of aryl methyl sites for hydroxylation is 1. The number of hydrogen-bond acceptors (Lipinski definition) is 6. The van der Waals surface area contributed by atoms with Crippen molar-refractivity contribution in [3.8, 4) is 11.5 Å². The second kappa shape index (κ2) is 7.04. The van der Waals surface area contributed by atoms with Gasteiger partial charge in [0, 0.05) is 25.2 Å². The summed E-state index contributed by atoms with van der Waals surface area (Å²) in [5, 5.41) is 10.8. The number of fused-ring (bicyclic) bond motifs is 1. The molecule has 7 heteroatoms. The minimum Gasteiger partial charge on any atom is -0.454 e. The lowest BCUT2D eigenvalue weighted by Gasteiger charge is -2.11. The fourth-order valence-electron chi connectivity index (χ4n) is 2.05. The van der Waals surface area contributed by atoms with E-state index in [-0.39, 0.29) is 13.4 Å². The molecule has 0 bridgehead atoms. The van der Waals surface area contributed by atoms with E-state index in [2.05, 4.69) is 4.98 Å². The van der Waals surface area contributed by atoms with Gasteiger partial charge in [-0.3, -0.25) is 0 Å². The molecule has 0 radical (unpaired) electrons. The van der Waals surface area contributed by atoms with Gasteiger partial charge in [0.1, 0.15) is 0 Å². The van der Waals surface area contributed by atoms with Crippen LogP contribution in [0.25, 0.3) is 0 Å². The van der Waals surface area contributed by atoms with Crippen molar-refractivity contribution >= 4 is 11.8 Å². The molecule has 2 aromatic rings. The van der Waals surface area contributed by atoms with E-state index in [0.717, 1.165) is 22.2 Å². The van der Waals surface area contributed by atoms with E-state index < -0.39 is 6.10 Å². The van der Waals surface area contributed by atoms with Crippen molar-refractivity contribution in [2.45, 2.75) is 17.9 Å². The molecule has 1 aliphatic heterocycles. The first-order valence-corrected chi connectivity index (χ1v) is 7.95. The highest BCUT2D eigenvalue weighted by Crippen LogP contribution is 2.32. The first-order valence-electron chi connectivity index (χ1n) is 6.97. The van der Waals surface area contributed by atoms with Crippen LogP contribution in [0.3, 0.4) is 0 Å². The lowest BCUT2D eigenvalue weighted by Crippen LogP contribution is -2.18. The van der Waals surface area contributed by atoms with Crippen LogP contribution in [0.15, 0.2) is 35.7 Å². The number of rotatable bonds is 7. The van der Waals surface area contributed by atoms with E-state index in [1.54, 1.807) is 6.20 Å². The Bertz CT molecular complexity index is 632. The second-order valence-electron chi connectivity index (χ2n) is 4.99. The van der Waals surface area contributed by atoms with Crippen LogP contribution >= 0.6 is 11.8 Å². The molecule has 0 amide bonds. The topological polar surface area (TPSA) is 65.7 Å². The van der Waals surface area contributed by atoms with Crippen molar-refractivity contribution in [3.05, 3.63) is 36.2 Å². The Labute approximate surface area is 133 Å². The maximum atomic E-state index is 9.94. The Hall–Kier alpha value is -1.70. The first-order chi connectivity index (χ1) is 10.7. The number of aliphatic hydroxyl groups is 1. The van der Waals surface area contributed by atoms with Gasteiger partial charge < -0.3 is 23.9 Å². The summed E-state index contributed by atoms with van der Waals surface area (Å²) in [6.07, 6.45) is 3.09. The smallest absolute Gasteiger partial charge is 0.231 e. The molecule has 2 heterocycles. The van der Waals surface area contributed by atoms with E-state index in [1.807, 2.05) is 36.0 Å². The van der Waals surface area contributed by atoms with Gasteiger partial charge in [-0.25, -0.2) is 4.98 Å². The Morgan fingerprint density at radius 2 is 2.27 bits per heavy atom. The molecule has 22 heavy (non-hydrogen) atoms. The average Bonchev–Trinajstić information content (AvgIpc) is 3.13. The summed E-state index contributed by atoms with van der Waals surface area (Å²) in [5.74, 6) is 2.05.